The number of benzene rings is 3. The second-order valence-corrected chi connectivity index (χ2v) is 13.2. The molecule has 5 heteroatoms. The molecule has 1 saturated carbocycles. The SMILES string of the molecule is Cc1cc(Oc2cc3c(cc2C)c2cc(C)cc4c2n3-c2ncccc2C4(C)C)cc(C2=N[C@H](C3CCCC3)CO2)c1. The summed E-state index contributed by atoms with van der Waals surface area (Å²) in [4.78, 5) is 9.94. The third-order valence-electron chi connectivity index (χ3n) is 9.79. The van der Waals surface area contributed by atoms with Crippen LogP contribution in [0.2, 0.25) is 0 Å². The first-order chi connectivity index (χ1) is 20.3. The summed E-state index contributed by atoms with van der Waals surface area (Å²) < 4.78 is 15.2. The lowest BCUT2D eigenvalue weighted by Crippen LogP contribution is -2.27. The number of rotatable bonds is 4. The molecule has 3 aromatic carbocycles. The molecule has 42 heavy (non-hydrogen) atoms. The molecule has 0 radical (unpaired) electrons. The van der Waals surface area contributed by atoms with E-state index in [1.165, 1.54) is 58.7 Å². The zero-order valence-electron chi connectivity index (χ0n) is 25.1. The number of pyridine rings is 1. The molecule has 5 aromatic rings. The number of aryl methyl sites for hydroxylation is 3. The van der Waals surface area contributed by atoms with E-state index in [9.17, 15) is 0 Å². The quantitative estimate of drug-likeness (QED) is 0.223. The molecule has 3 aliphatic rings. The van der Waals surface area contributed by atoms with Crippen LogP contribution in [0.25, 0.3) is 27.6 Å². The van der Waals surface area contributed by atoms with Crippen molar-refractivity contribution < 1.29 is 9.47 Å². The van der Waals surface area contributed by atoms with Crippen LogP contribution in [0.4, 0.5) is 0 Å². The van der Waals surface area contributed by atoms with Gasteiger partial charge >= 0.3 is 0 Å². The molecule has 0 unspecified atom stereocenters. The maximum atomic E-state index is 6.68. The average Bonchev–Trinajstić information content (AvgIpc) is 3.72. The highest BCUT2D eigenvalue weighted by Crippen LogP contribution is 2.48. The highest BCUT2D eigenvalue weighted by Gasteiger charge is 2.36. The molecular formula is C37H37N3O2. The number of aromatic nitrogens is 2. The van der Waals surface area contributed by atoms with Gasteiger partial charge in [0.1, 0.15) is 23.9 Å². The van der Waals surface area contributed by atoms with Gasteiger partial charge in [-0.2, -0.15) is 0 Å². The van der Waals surface area contributed by atoms with Crippen LogP contribution in [0.15, 0.2) is 65.8 Å². The van der Waals surface area contributed by atoms with Crippen molar-refractivity contribution in [2.45, 2.75) is 71.8 Å². The average molecular weight is 556 g/mol. The molecule has 1 aliphatic carbocycles. The summed E-state index contributed by atoms with van der Waals surface area (Å²) in [5.74, 6) is 4.05. The third-order valence-corrected chi connectivity index (χ3v) is 9.79. The monoisotopic (exact) mass is 555 g/mol. The summed E-state index contributed by atoms with van der Waals surface area (Å²) in [6.07, 6.45) is 7.07. The van der Waals surface area contributed by atoms with Crippen molar-refractivity contribution in [2.24, 2.45) is 10.9 Å². The fourth-order valence-corrected chi connectivity index (χ4v) is 7.63. The Hall–Kier alpha value is -4.12. The first-order valence-corrected chi connectivity index (χ1v) is 15.3. The van der Waals surface area contributed by atoms with Gasteiger partial charge < -0.3 is 9.47 Å². The standard InChI is InChI=1S/C37H37N3O2/c1-21-13-25(36-39-31(20-41-36)24-9-6-7-10-24)18-26(14-21)42-33-19-32-27(17-23(33)3)28-15-22(2)16-30-34(28)40(32)35-29(37(30,4)5)11-8-12-38-35/h8,11-19,24,31H,6-7,9-10,20H2,1-5H3/t31-/m0/s1. The molecule has 1 atom stereocenters. The van der Waals surface area contributed by atoms with Crippen molar-refractivity contribution in [2.75, 3.05) is 6.61 Å². The highest BCUT2D eigenvalue weighted by atomic mass is 16.5. The van der Waals surface area contributed by atoms with E-state index in [0.29, 0.717) is 12.5 Å². The van der Waals surface area contributed by atoms with Crippen LogP contribution in [-0.4, -0.2) is 28.1 Å². The van der Waals surface area contributed by atoms with E-state index in [-0.39, 0.29) is 11.5 Å². The van der Waals surface area contributed by atoms with Crippen molar-refractivity contribution in [3.63, 3.8) is 0 Å². The summed E-state index contributed by atoms with van der Waals surface area (Å²) in [5.41, 5.74) is 9.28. The van der Waals surface area contributed by atoms with Crippen molar-refractivity contribution >= 4 is 27.7 Å². The van der Waals surface area contributed by atoms with Crippen LogP contribution in [0.1, 0.15) is 72.9 Å². The van der Waals surface area contributed by atoms with E-state index in [1.807, 2.05) is 12.3 Å². The van der Waals surface area contributed by atoms with E-state index >= 15 is 0 Å². The minimum absolute atomic E-state index is 0.146. The number of ether oxygens (including phenoxy) is 2. The van der Waals surface area contributed by atoms with Crippen molar-refractivity contribution in [3.8, 4) is 17.3 Å². The van der Waals surface area contributed by atoms with Gasteiger partial charge in [0.05, 0.1) is 17.1 Å². The van der Waals surface area contributed by atoms with Gasteiger partial charge in [-0.05, 0) is 92.6 Å². The number of hydrogen-bond donors (Lipinski definition) is 0. The van der Waals surface area contributed by atoms with Gasteiger partial charge in [-0.3, -0.25) is 4.57 Å². The van der Waals surface area contributed by atoms with Gasteiger partial charge in [0.2, 0.25) is 5.90 Å². The zero-order valence-corrected chi connectivity index (χ0v) is 25.1. The van der Waals surface area contributed by atoms with E-state index in [0.717, 1.165) is 45.4 Å². The van der Waals surface area contributed by atoms with Gasteiger partial charge in [-0.25, -0.2) is 9.98 Å². The number of nitrogens with zero attached hydrogens (tertiary/aromatic N) is 3. The van der Waals surface area contributed by atoms with Gasteiger partial charge in [0.25, 0.3) is 0 Å². The summed E-state index contributed by atoms with van der Waals surface area (Å²) >= 11 is 0. The summed E-state index contributed by atoms with van der Waals surface area (Å²) in [6.45, 7) is 11.8. The highest BCUT2D eigenvalue weighted by molar-refractivity contribution is 6.12. The molecule has 4 heterocycles. The molecule has 0 bridgehead atoms. The van der Waals surface area contributed by atoms with E-state index in [2.05, 4.69) is 87.7 Å². The fourth-order valence-electron chi connectivity index (χ4n) is 7.63. The summed E-state index contributed by atoms with van der Waals surface area (Å²) in [6, 6.07) is 20.0. The van der Waals surface area contributed by atoms with Gasteiger partial charge in [-0.15, -0.1) is 0 Å². The predicted octanol–water partition coefficient (Wildman–Crippen LogP) is 8.87. The first-order valence-electron chi connectivity index (χ1n) is 15.3. The topological polar surface area (TPSA) is 48.6 Å². The van der Waals surface area contributed by atoms with Crippen LogP contribution in [0, 0.1) is 26.7 Å². The van der Waals surface area contributed by atoms with E-state index < -0.39 is 0 Å². The normalized spacial score (nSPS) is 19.3. The van der Waals surface area contributed by atoms with Crippen LogP contribution in [0.3, 0.4) is 0 Å². The Morgan fingerprint density at radius 1 is 0.905 bits per heavy atom. The molecule has 0 N–H and O–H groups in total. The maximum absolute atomic E-state index is 6.68. The Morgan fingerprint density at radius 2 is 1.71 bits per heavy atom. The van der Waals surface area contributed by atoms with Crippen LogP contribution < -0.4 is 4.74 Å². The Kier molecular flexibility index (Phi) is 5.60. The fraction of sp³-hybridized carbons (Fsp3) is 0.351. The maximum Gasteiger partial charge on any atom is 0.216 e. The van der Waals surface area contributed by atoms with Crippen molar-refractivity contribution in [1.29, 1.82) is 0 Å². The Labute approximate surface area is 247 Å². The lowest BCUT2D eigenvalue weighted by Gasteiger charge is -2.34. The molecule has 2 aliphatic heterocycles. The first kappa shape index (κ1) is 25.6. The minimum atomic E-state index is -0.146. The van der Waals surface area contributed by atoms with E-state index in [1.54, 1.807) is 0 Å². The molecular weight excluding hydrogens is 518 g/mol. The lowest BCUT2D eigenvalue weighted by molar-refractivity contribution is 0.279. The Morgan fingerprint density at radius 3 is 2.55 bits per heavy atom. The number of aliphatic imine (C=N–C) groups is 1. The molecule has 212 valence electrons. The Balaban J connectivity index is 1.24. The van der Waals surface area contributed by atoms with Gasteiger partial charge in [0.15, 0.2) is 0 Å². The zero-order chi connectivity index (χ0) is 28.7. The van der Waals surface area contributed by atoms with Gasteiger partial charge in [0, 0.05) is 39.6 Å². The second-order valence-electron chi connectivity index (χ2n) is 13.2. The largest absolute Gasteiger partial charge is 0.475 e. The van der Waals surface area contributed by atoms with Crippen LogP contribution in [-0.2, 0) is 10.2 Å². The number of fused-ring (bicyclic) bond motifs is 5. The van der Waals surface area contributed by atoms with Gasteiger partial charge in [-0.1, -0.05) is 44.4 Å². The number of hydrogen-bond acceptors (Lipinski definition) is 4. The van der Waals surface area contributed by atoms with Crippen molar-refractivity contribution in [1.82, 2.24) is 9.55 Å². The molecule has 2 aromatic heterocycles. The molecule has 0 spiro atoms. The Bertz CT molecular complexity index is 1940. The van der Waals surface area contributed by atoms with Crippen LogP contribution >= 0.6 is 0 Å². The summed E-state index contributed by atoms with van der Waals surface area (Å²) in [7, 11) is 0. The second kappa shape index (κ2) is 9.19. The molecule has 0 saturated heterocycles. The molecule has 1 fully saturated rings. The molecule has 5 nitrogen and oxygen atoms in total. The van der Waals surface area contributed by atoms with Crippen molar-refractivity contribution in [3.05, 3.63) is 94.2 Å². The third kappa shape index (κ3) is 3.82. The summed E-state index contributed by atoms with van der Waals surface area (Å²) in [5, 5.41) is 2.50. The lowest BCUT2D eigenvalue weighted by atomic mass is 9.75. The smallest absolute Gasteiger partial charge is 0.216 e. The molecule has 0 amide bonds. The predicted molar refractivity (Wildman–Crippen MR) is 170 cm³/mol. The molecule has 8 rings (SSSR count). The minimum Gasteiger partial charge on any atom is -0.475 e. The van der Waals surface area contributed by atoms with E-state index in [4.69, 9.17) is 19.5 Å². The van der Waals surface area contributed by atoms with Crippen LogP contribution in [0.5, 0.6) is 11.5 Å².